The zero-order valence-corrected chi connectivity index (χ0v) is 20.9. The van der Waals surface area contributed by atoms with Crippen LogP contribution in [0.25, 0.3) is 19.3 Å². The topological polar surface area (TPSA) is 44.0 Å². The molecule has 4 aromatic rings. The van der Waals surface area contributed by atoms with Gasteiger partial charge in [-0.05, 0) is 0 Å². The first-order chi connectivity index (χ1) is 14.0. The van der Waals surface area contributed by atoms with E-state index in [2.05, 4.69) is 26.0 Å². The second-order valence-electron chi connectivity index (χ2n) is 7.32. The van der Waals surface area contributed by atoms with Crippen molar-refractivity contribution in [2.75, 3.05) is 11.5 Å². The van der Waals surface area contributed by atoms with Crippen molar-refractivity contribution < 1.29 is 0 Å². The number of fused-ring (bicyclic) bond motifs is 2. The summed E-state index contributed by atoms with van der Waals surface area (Å²) in [6.45, 7) is 5.86. The van der Waals surface area contributed by atoms with Gasteiger partial charge in [-0.3, -0.25) is 0 Å². The van der Waals surface area contributed by atoms with Crippen molar-refractivity contribution in [2.24, 2.45) is 0 Å². The molecular weight excluding hydrogens is 514 g/mol. The van der Waals surface area contributed by atoms with Gasteiger partial charge in [-0.1, -0.05) is 0 Å². The molecule has 2 heterocycles. The van der Waals surface area contributed by atoms with Gasteiger partial charge in [0.05, 0.1) is 0 Å². The van der Waals surface area contributed by atoms with Crippen molar-refractivity contribution in [3.63, 3.8) is 0 Å². The minimum atomic E-state index is 0.134. The third kappa shape index (κ3) is 4.76. The van der Waals surface area contributed by atoms with E-state index in [9.17, 15) is 9.59 Å². The maximum absolute atomic E-state index is 12.5. The van der Waals surface area contributed by atoms with Gasteiger partial charge >= 0.3 is 187 Å². The predicted octanol–water partition coefficient (Wildman–Crippen LogP) is 3.26. The Labute approximate surface area is 186 Å². The van der Waals surface area contributed by atoms with Crippen LogP contribution in [-0.2, 0) is 13.1 Å². The summed E-state index contributed by atoms with van der Waals surface area (Å²) in [5.74, 6) is 2.13. The van der Waals surface area contributed by atoms with Crippen LogP contribution in [0.2, 0.25) is 0 Å². The second-order valence-corrected chi connectivity index (χ2v) is 13.0. The number of hydrogen-bond donors (Lipinski definition) is 0. The molecule has 0 aliphatic heterocycles. The van der Waals surface area contributed by atoms with E-state index in [0.717, 1.165) is 48.2 Å². The first-order valence-electron chi connectivity index (χ1n) is 9.81. The fourth-order valence-corrected chi connectivity index (χ4v) is 8.99. The van der Waals surface area contributed by atoms with Gasteiger partial charge in [-0.25, -0.2) is 0 Å². The Bertz CT molecular complexity index is 1170. The number of hydrogen-bond acceptors (Lipinski definition) is 3. The van der Waals surface area contributed by atoms with Gasteiger partial charge < -0.3 is 0 Å². The molecule has 152 valence electrons. The Hall–Kier alpha value is -1.23. The van der Waals surface area contributed by atoms with Crippen molar-refractivity contribution in [2.45, 2.75) is 39.8 Å². The van der Waals surface area contributed by atoms with Gasteiger partial charge in [-0.2, -0.15) is 0 Å². The molecule has 0 spiro atoms. The van der Waals surface area contributed by atoms with E-state index in [1.807, 2.05) is 43.2 Å². The molecule has 29 heavy (non-hydrogen) atoms. The summed E-state index contributed by atoms with van der Waals surface area (Å²) in [5, 5.41) is 1.80. The molecule has 7 heteroatoms. The van der Waals surface area contributed by atoms with Gasteiger partial charge in [0.2, 0.25) is 0 Å². The van der Waals surface area contributed by atoms with Crippen LogP contribution in [0.1, 0.15) is 24.0 Å². The van der Waals surface area contributed by atoms with Gasteiger partial charge in [-0.15, -0.1) is 0 Å². The van der Waals surface area contributed by atoms with Gasteiger partial charge in [0.15, 0.2) is 0 Å². The van der Waals surface area contributed by atoms with E-state index in [4.69, 9.17) is 0 Å². The Morgan fingerprint density at radius 3 is 1.66 bits per heavy atom. The van der Waals surface area contributed by atoms with E-state index in [0.29, 0.717) is 0 Å². The first kappa shape index (κ1) is 21.0. The molecule has 0 saturated carbocycles. The standard InChI is InChI=1S/C22H24N2O2SSe2/c1-15-5-7-17-19(13-15)28-23(21(17)25)9-3-11-27-12-4-10-24-22(26)18-8-6-16(2)14-20(18)29-24/h5-8,13-14H,3-4,9-12H2,1-2H3. The average Bonchev–Trinajstić information content (AvgIpc) is 3.17. The summed E-state index contributed by atoms with van der Waals surface area (Å²) in [6.07, 6.45) is 2.06. The molecule has 0 fully saturated rings. The molecule has 0 amide bonds. The third-order valence-electron chi connectivity index (χ3n) is 4.90. The molecule has 0 saturated heterocycles. The van der Waals surface area contributed by atoms with Crippen molar-refractivity contribution in [1.29, 1.82) is 0 Å². The zero-order valence-electron chi connectivity index (χ0n) is 16.6. The van der Waals surface area contributed by atoms with E-state index in [1.165, 1.54) is 19.6 Å². The molecule has 0 N–H and O–H groups in total. The molecule has 2 aromatic heterocycles. The zero-order chi connectivity index (χ0) is 20.4. The molecule has 0 aliphatic rings. The number of aryl methyl sites for hydroxylation is 4. The van der Waals surface area contributed by atoms with Crippen LogP contribution in [0.15, 0.2) is 46.0 Å². The Balaban J connectivity index is 1.23. The van der Waals surface area contributed by atoms with Gasteiger partial charge in [0, 0.05) is 0 Å². The molecule has 0 bridgehead atoms. The molecule has 2 aromatic carbocycles. The normalized spacial score (nSPS) is 11.7. The van der Waals surface area contributed by atoms with Crippen LogP contribution in [0.4, 0.5) is 0 Å². The van der Waals surface area contributed by atoms with Crippen LogP contribution in [0.3, 0.4) is 0 Å². The van der Waals surface area contributed by atoms with E-state index < -0.39 is 0 Å². The van der Waals surface area contributed by atoms with Crippen molar-refractivity contribution in [3.05, 3.63) is 68.2 Å². The third-order valence-corrected chi connectivity index (χ3v) is 10.7. The summed E-state index contributed by atoms with van der Waals surface area (Å²) in [4.78, 5) is 24.9. The number of benzene rings is 2. The SMILES string of the molecule is Cc1ccc2c(=O)n(CCCSCCCn3[se]c4cc(C)ccc4c3=O)[se]c2c1. The monoisotopic (exact) mass is 540 g/mol. The summed E-state index contributed by atoms with van der Waals surface area (Å²) in [7, 11) is 0. The van der Waals surface area contributed by atoms with Crippen molar-refractivity contribution in [1.82, 2.24) is 7.12 Å². The molecule has 0 unspecified atom stereocenters. The number of rotatable bonds is 8. The summed E-state index contributed by atoms with van der Waals surface area (Å²) >= 11 is 2.20. The molecule has 0 atom stereocenters. The Kier molecular flexibility index (Phi) is 6.72. The van der Waals surface area contributed by atoms with E-state index in [1.54, 1.807) is 0 Å². The Morgan fingerprint density at radius 2 is 1.21 bits per heavy atom. The van der Waals surface area contributed by atoms with Crippen LogP contribution >= 0.6 is 11.8 Å². The maximum atomic E-state index is 12.5. The van der Waals surface area contributed by atoms with Crippen LogP contribution in [-0.4, -0.2) is 48.1 Å². The predicted molar refractivity (Wildman–Crippen MR) is 126 cm³/mol. The van der Waals surface area contributed by atoms with E-state index in [-0.39, 0.29) is 40.6 Å². The summed E-state index contributed by atoms with van der Waals surface area (Å²) in [6, 6.07) is 12.3. The molecule has 0 aliphatic carbocycles. The van der Waals surface area contributed by atoms with Crippen LogP contribution in [0, 0.1) is 13.8 Å². The van der Waals surface area contributed by atoms with Gasteiger partial charge in [0.25, 0.3) is 0 Å². The molecular formula is C22H24N2O2SSe2. The molecule has 0 radical (unpaired) electrons. The van der Waals surface area contributed by atoms with Crippen molar-refractivity contribution in [3.8, 4) is 0 Å². The van der Waals surface area contributed by atoms with Crippen LogP contribution in [0.5, 0.6) is 0 Å². The summed E-state index contributed by atoms with van der Waals surface area (Å²) in [5.41, 5.74) is 2.86. The summed E-state index contributed by atoms with van der Waals surface area (Å²) < 4.78 is 6.51. The Morgan fingerprint density at radius 1 is 0.759 bits per heavy atom. The number of nitrogens with zero attached hydrogens (tertiary/aromatic N) is 2. The minimum absolute atomic E-state index is 0.134. The molecule has 4 rings (SSSR count). The molecule has 4 nitrogen and oxygen atoms in total. The quantitative estimate of drug-likeness (QED) is 0.256. The number of aromatic nitrogens is 2. The fraction of sp³-hybridized carbons (Fsp3) is 0.364. The fourth-order valence-electron chi connectivity index (χ4n) is 3.37. The average molecular weight is 538 g/mol. The second kappa shape index (κ2) is 9.28. The first-order valence-corrected chi connectivity index (χ1v) is 14.2. The van der Waals surface area contributed by atoms with Crippen LogP contribution < -0.4 is 11.1 Å². The number of thioether (sulfide) groups is 1. The van der Waals surface area contributed by atoms with E-state index >= 15 is 0 Å². The van der Waals surface area contributed by atoms with Crippen molar-refractivity contribution >= 4 is 60.5 Å². The van der Waals surface area contributed by atoms with Gasteiger partial charge in [0.1, 0.15) is 0 Å².